The molecule has 1 fully saturated rings. The second kappa shape index (κ2) is 6.05. The van der Waals surface area contributed by atoms with E-state index in [9.17, 15) is 0 Å². The highest BCUT2D eigenvalue weighted by atomic mass is 79.9. The SMILES string of the molecule is CC1CCCC(Nc2ncc(Br)cc2Cl)CC1. The van der Waals surface area contributed by atoms with Crippen LogP contribution in [0.25, 0.3) is 0 Å². The van der Waals surface area contributed by atoms with E-state index in [-0.39, 0.29) is 0 Å². The average Bonchev–Trinajstić information content (AvgIpc) is 2.48. The van der Waals surface area contributed by atoms with Gasteiger partial charge in [0.05, 0.1) is 5.02 Å². The van der Waals surface area contributed by atoms with Gasteiger partial charge in [0.15, 0.2) is 0 Å². The van der Waals surface area contributed by atoms with E-state index < -0.39 is 0 Å². The smallest absolute Gasteiger partial charge is 0.145 e. The van der Waals surface area contributed by atoms with Gasteiger partial charge in [0.1, 0.15) is 5.82 Å². The fourth-order valence-corrected chi connectivity index (χ4v) is 3.03. The Kier molecular flexibility index (Phi) is 4.69. The number of hydrogen-bond acceptors (Lipinski definition) is 2. The van der Waals surface area contributed by atoms with Gasteiger partial charge in [-0.15, -0.1) is 0 Å². The van der Waals surface area contributed by atoms with Crippen molar-refractivity contribution in [1.82, 2.24) is 4.98 Å². The van der Waals surface area contributed by atoms with E-state index in [0.29, 0.717) is 11.1 Å². The summed E-state index contributed by atoms with van der Waals surface area (Å²) in [5, 5.41) is 4.16. The fraction of sp³-hybridized carbons (Fsp3) is 0.615. The van der Waals surface area contributed by atoms with E-state index in [1.165, 1.54) is 32.1 Å². The van der Waals surface area contributed by atoms with E-state index >= 15 is 0 Å². The third-order valence-electron chi connectivity index (χ3n) is 3.41. The van der Waals surface area contributed by atoms with Crippen LogP contribution in [0.3, 0.4) is 0 Å². The summed E-state index contributed by atoms with van der Waals surface area (Å²) in [4.78, 5) is 4.33. The van der Waals surface area contributed by atoms with Crippen LogP contribution < -0.4 is 5.32 Å². The summed E-state index contributed by atoms with van der Waals surface area (Å²) in [6.07, 6.45) is 8.17. The Labute approximate surface area is 116 Å². The second-order valence-corrected chi connectivity index (χ2v) is 6.26. The maximum Gasteiger partial charge on any atom is 0.145 e. The lowest BCUT2D eigenvalue weighted by molar-refractivity contribution is 0.502. The summed E-state index contributed by atoms with van der Waals surface area (Å²) in [5.74, 6) is 1.67. The van der Waals surface area contributed by atoms with Gasteiger partial charge in [-0.25, -0.2) is 4.98 Å². The number of anilines is 1. The molecule has 0 spiro atoms. The van der Waals surface area contributed by atoms with Crippen LogP contribution in [-0.2, 0) is 0 Å². The molecule has 0 bridgehead atoms. The highest BCUT2D eigenvalue weighted by molar-refractivity contribution is 9.10. The molecule has 2 nitrogen and oxygen atoms in total. The lowest BCUT2D eigenvalue weighted by atomic mass is 10.0. The molecule has 2 unspecified atom stereocenters. The molecule has 1 saturated carbocycles. The number of halogens is 2. The quantitative estimate of drug-likeness (QED) is 0.786. The first-order valence-electron chi connectivity index (χ1n) is 6.22. The fourth-order valence-electron chi connectivity index (χ4n) is 2.35. The summed E-state index contributed by atoms with van der Waals surface area (Å²) in [6, 6.07) is 2.40. The normalized spacial score (nSPS) is 25.4. The number of hydrogen-bond donors (Lipinski definition) is 1. The molecule has 1 N–H and O–H groups in total. The molecule has 1 heterocycles. The lowest BCUT2D eigenvalue weighted by Gasteiger charge is -2.17. The molecule has 1 aromatic heterocycles. The zero-order valence-corrected chi connectivity index (χ0v) is 12.4. The van der Waals surface area contributed by atoms with E-state index in [2.05, 4.69) is 33.2 Å². The van der Waals surface area contributed by atoms with Crippen LogP contribution in [0.15, 0.2) is 16.7 Å². The maximum absolute atomic E-state index is 6.16. The molecule has 1 aliphatic carbocycles. The molecule has 0 aliphatic heterocycles. The highest BCUT2D eigenvalue weighted by Gasteiger charge is 2.17. The average molecular weight is 318 g/mol. The Bertz CT molecular complexity index is 384. The third kappa shape index (κ3) is 3.85. The molecule has 1 aromatic rings. The standard InChI is InChI=1S/C13H18BrClN2/c1-9-3-2-4-11(6-5-9)17-13-12(15)7-10(14)8-16-13/h7-9,11H,2-6H2,1H3,(H,16,17). The molecule has 1 aliphatic rings. The van der Waals surface area contributed by atoms with Crippen molar-refractivity contribution in [3.8, 4) is 0 Å². The Morgan fingerprint density at radius 3 is 2.94 bits per heavy atom. The van der Waals surface area contributed by atoms with Gasteiger partial charge in [0, 0.05) is 16.7 Å². The van der Waals surface area contributed by atoms with Crippen molar-refractivity contribution in [1.29, 1.82) is 0 Å². The third-order valence-corrected chi connectivity index (χ3v) is 4.13. The van der Waals surface area contributed by atoms with Crippen LogP contribution in [0.1, 0.15) is 39.0 Å². The molecule has 17 heavy (non-hydrogen) atoms. The molecule has 0 radical (unpaired) electrons. The van der Waals surface area contributed by atoms with Gasteiger partial charge in [0.25, 0.3) is 0 Å². The summed E-state index contributed by atoms with van der Waals surface area (Å²) >= 11 is 9.53. The summed E-state index contributed by atoms with van der Waals surface area (Å²) < 4.78 is 0.919. The Morgan fingerprint density at radius 1 is 1.35 bits per heavy atom. The Morgan fingerprint density at radius 2 is 2.18 bits per heavy atom. The molecule has 2 atom stereocenters. The number of nitrogens with zero attached hydrogens (tertiary/aromatic N) is 1. The first-order valence-corrected chi connectivity index (χ1v) is 7.40. The van der Waals surface area contributed by atoms with Crippen molar-refractivity contribution >= 4 is 33.3 Å². The Balaban J connectivity index is 2.00. The maximum atomic E-state index is 6.16. The van der Waals surface area contributed by atoms with E-state index in [4.69, 9.17) is 11.6 Å². The van der Waals surface area contributed by atoms with Crippen molar-refractivity contribution in [2.24, 2.45) is 5.92 Å². The van der Waals surface area contributed by atoms with Gasteiger partial charge >= 0.3 is 0 Å². The lowest BCUT2D eigenvalue weighted by Crippen LogP contribution is -2.19. The summed E-state index contributed by atoms with van der Waals surface area (Å²) in [6.45, 7) is 2.34. The minimum atomic E-state index is 0.520. The first-order chi connectivity index (χ1) is 8.15. The Hall–Kier alpha value is -0.280. The molecule has 2 rings (SSSR count). The molecule has 4 heteroatoms. The molecule has 0 amide bonds. The number of aromatic nitrogens is 1. The predicted octanol–water partition coefficient (Wildman–Crippen LogP) is 4.88. The molecular weight excluding hydrogens is 300 g/mol. The highest BCUT2D eigenvalue weighted by Crippen LogP contribution is 2.28. The predicted molar refractivity (Wildman–Crippen MR) is 76.6 cm³/mol. The number of nitrogens with one attached hydrogen (secondary N) is 1. The number of pyridine rings is 1. The topological polar surface area (TPSA) is 24.9 Å². The van der Waals surface area contributed by atoms with E-state index in [1.54, 1.807) is 6.20 Å². The zero-order chi connectivity index (χ0) is 12.3. The van der Waals surface area contributed by atoms with Crippen LogP contribution in [-0.4, -0.2) is 11.0 Å². The van der Waals surface area contributed by atoms with Gasteiger partial charge in [-0.2, -0.15) is 0 Å². The first kappa shape index (κ1) is 13.2. The summed E-state index contributed by atoms with van der Waals surface area (Å²) in [5.41, 5.74) is 0. The zero-order valence-electron chi connectivity index (χ0n) is 10.0. The summed E-state index contributed by atoms with van der Waals surface area (Å²) in [7, 11) is 0. The van der Waals surface area contributed by atoms with E-state index in [0.717, 1.165) is 16.2 Å². The molecule has 94 valence electrons. The van der Waals surface area contributed by atoms with Crippen LogP contribution in [0.5, 0.6) is 0 Å². The van der Waals surface area contributed by atoms with Gasteiger partial charge in [-0.3, -0.25) is 0 Å². The van der Waals surface area contributed by atoms with Crippen LogP contribution in [0, 0.1) is 5.92 Å². The molecular formula is C13H18BrClN2. The minimum absolute atomic E-state index is 0.520. The van der Waals surface area contributed by atoms with E-state index in [1.807, 2.05) is 6.07 Å². The van der Waals surface area contributed by atoms with Crippen LogP contribution in [0.4, 0.5) is 5.82 Å². The van der Waals surface area contributed by atoms with Gasteiger partial charge in [-0.1, -0.05) is 31.4 Å². The second-order valence-electron chi connectivity index (χ2n) is 4.94. The number of rotatable bonds is 2. The largest absolute Gasteiger partial charge is 0.366 e. The van der Waals surface area contributed by atoms with Crippen molar-refractivity contribution in [2.75, 3.05) is 5.32 Å². The molecule has 0 saturated heterocycles. The monoisotopic (exact) mass is 316 g/mol. The van der Waals surface area contributed by atoms with Crippen molar-refractivity contribution in [2.45, 2.75) is 45.1 Å². The minimum Gasteiger partial charge on any atom is -0.366 e. The molecule has 0 aromatic carbocycles. The van der Waals surface area contributed by atoms with Crippen LogP contribution >= 0.6 is 27.5 Å². The van der Waals surface area contributed by atoms with Crippen molar-refractivity contribution in [3.63, 3.8) is 0 Å². The van der Waals surface area contributed by atoms with Crippen molar-refractivity contribution < 1.29 is 0 Å². The van der Waals surface area contributed by atoms with Crippen molar-refractivity contribution in [3.05, 3.63) is 21.8 Å². The van der Waals surface area contributed by atoms with Gasteiger partial charge in [-0.05, 0) is 47.2 Å². The van der Waals surface area contributed by atoms with Crippen LogP contribution in [0.2, 0.25) is 5.02 Å². The van der Waals surface area contributed by atoms with Gasteiger partial charge in [0.2, 0.25) is 0 Å². The van der Waals surface area contributed by atoms with Gasteiger partial charge < -0.3 is 5.32 Å².